The topological polar surface area (TPSA) is 0 Å². The molecule has 0 aromatic carbocycles. The van der Waals surface area contributed by atoms with Crippen LogP contribution in [0, 0.1) is 13.3 Å². The zero-order valence-corrected chi connectivity index (χ0v) is 8.65. The van der Waals surface area contributed by atoms with Crippen LogP contribution >= 0.6 is 0 Å². The lowest BCUT2D eigenvalue weighted by molar-refractivity contribution is 0.579. The van der Waals surface area contributed by atoms with Crippen LogP contribution in [0.4, 0.5) is 0 Å². The average molecular weight is 168 g/mol. The molecule has 0 aromatic rings. The highest BCUT2D eigenvalue weighted by Gasteiger charge is 1.90. The third-order valence-corrected chi connectivity index (χ3v) is 2.24. The second kappa shape index (κ2) is 11.0. The Bertz CT molecular complexity index is 56.4. The third kappa shape index (κ3) is 10.0. The molecule has 2 radical (unpaired) electrons. The van der Waals surface area contributed by atoms with Gasteiger partial charge in [-0.1, -0.05) is 71.6 Å². The van der Waals surface area contributed by atoms with Crippen molar-refractivity contribution in [3.8, 4) is 0 Å². The summed E-state index contributed by atoms with van der Waals surface area (Å²) in [5, 5.41) is 0. The maximum Gasteiger partial charge on any atom is -0.0417 e. The maximum absolute atomic E-state index is 3.84. The van der Waals surface area contributed by atoms with E-state index in [1.807, 2.05) is 0 Å². The SMILES string of the molecule is [CH2]CCCCCCCCC[CH]C. The van der Waals surface area contributed by atoms with Gasteiger partial charge in [0.1, 0.15) is 0 Å². The van der Waals surface area contributed by atoms with Crippen molar-refractivity contribution in [2.75, 3.05) is 0 Å². The van der Waals surface area contributed by atoms with Crippen LogP contribution in [0.3, 0.4) is 0 Å². The van der Waals surface area contributed by atoms with Gasteiger partial charge in [0.15, 0.2) is 0 Å². The molecule has 0 N–H and O–H groups in total. The summed E-state index contributed by atoms with van der Waals surface area (Å²) in [5.74, 6) is 0. The largest absolute Gasteiger partial charge is 0.0623 e. The maximum atomic E-state index is 3.84. The minimum absolute atomic E-state index is 1.12. The first kappa shape index (κ1) is 12.0. The quantitative estimate of drug-likeness (QED) is 0.443. The Labute approximate surface area is 78.8 Å². The highest BCUT2D eigenvalue weighted by atomic mass is 14.0. The van der Waals surface area contributed by atoms with Crippen molar-refractivity contribution in [1.29, 1.82) is 0 Å². The van der Waals surface area contributed by atoms with Gasteiger partial charge in [-0.05, 0) is 6.42 Å². The number of hydrogen-bond acceptors (Lipinski definition) is 0. The van der Waals surface area contributed by atoms with E-state index >= 15 is 0 Å². The van der Waals surface area contributed by atoms with Crippen molar-refractivity contribution < 1.29 is 0 Å². The summed E-state index contributed by atoms with van der Waals surface area (Å²) in [6.45, 7) is 5.99. The van der Waals surface area contributed by atoms with Crippen LogP contribution in [0.2, 0.25) is 0 Å². The molecule has 0 aliphatic rings. The molecule has 0 bridgehead atoms. The minimum atomic E-state index is 1.12. The van der Waals surface area contributed by atoms with E-state index in [4.69, 9.17) is 0 Å². The van der Waals surface area contributed by atoms with Gasteiger partial charge < -0.3 is 0 Å². The molecule has 0 amide bonds. The van der Waals surface area contributed by atoms with Gasteiger partial charge in [-0.3, -0.25) is 0 Å². The van der Waals surface area contributed by atoms with E-state index in [0.29, 0.717) is 0 Å². The van der Waals surface area contributed by atoms with Crippen molar-refractivity contribution in [2.45, 2.75) is 64.7 Å². The molecular formula is C12H24. The molecule has 0 fully saturated rings. The Hall–Kier alpha value is 0. The second-order valence-electron chi connectivity index (χ2n) is 3.53. The first-order valence-corrected chi connectivity index (χ1v) is 5.49. The van der Waals surface area contributed by atoms with Gasteiger partial charge in [-0.15, -0.1) is 0 Å². The van der Waals surface area contributed by atoms with Crippen LogP contribution in [-0.2, 0) is 0 Å². The van der Waals surface area contributed by atoms with Gasteiger partial charge in [0, 0.05) is 0 Å². The molecule has 0 heterocycles. The molecule has 0 saturated carbocycles. The Kier molecular flexibility index (Phi) is 11.0. The molecule has 0 rings (SSSR count). The fourth-order valence-corrected chi connectivity index (χ4v) is 1.41. The predicted molar refractivity (Wildman–Crippen MR) is 56.9 cm³/mol. The molecular weight excluding hydrogens is 144 g/mol. The first-order valence-electron chi connectivity index (χ1n) is 5.49. The van der Waals surface area contributed by atoms with Gasteiger partial charge in [-0.2, -0.15) is 0 Å². The van der Waals surface area contributed by atoms with Crippen LogP contribution in [-0.4, -0.2) is 0 Å². The lowest BCUT2D eigenvalue weighted by atomic mass is 10.1. The highest BCUT2D eigenvalue weighted by Crippen LogP contribution is 2.09. The molecule has 12 heavy (non-hydrogen) atoms. The number of rotatable bonds is 9. The standard InChI is InChI=1S/C12H24/c1-3-5-7-9-11-12-10-8-6-4-2/h4H,1,3,5-12H2,2H3. The average Bonchev–Trinajstić information content (AvgIpc) is 2.10. The lowest BCUT2D eigenvalue weighted by Gasteiger charge is -1.99. The van der Waals surface area contributed by atoms with E-state index in [-0.39, 0.29) is 0 Å². The summed E-state index contributed by atoms with van der Waals surface area (Å²) < 4.78 is 0. The van der Waals surface area contributed by atoms with Crippen molar-refractivity contribution >= 4 is 0 Å². The van der Waals surface area contributed by atoms with Crippen LogP contribution < -0.4 is 0 Å². The van der Waals surface area contributed by atoms with Crippen LogP contribution in [0.1, 0.15) is 64.7 Å². The van der Waals surface area contributed by atoms with Crippen LogP contribution in [0.5, 0.6) is 0 Å². The lowest BCUT2D eigenvalue weighted by Crippen LogP contribution is -1.80. The van der Waals surface area contributed by atoms with Gasteiger partial charge in [-0.25, -0.2) is 0 Å². The summed E-state index contributed by atoms with van der Waals surface area (Å²) in [5.41, 5.74) is 0. The molecule has 0 aliphatic heterocycles. The van der Waals surface area contributed by atoms with Crippen molar-refractivity contribution in [3.63, 3.8) is 0 Å². The summed E-state index contributed by atoms with van der Waals surface area (Å²) in [7, 11) is 0. The van der Waals surface area contributed by atoms with E-state index in [1.165, 1.54) is 51.4 Å². The molecule has 0 saturated heterocycles. The van der Waals surface area contributed by atoms with E-state index in [1.54, 1.807) is 0 Å². The van der Waals surface area contributed by atoms with Crippen molar-refractivity contribution in [3.05, 3.63) is 13.3 Å². The highest BCUT2D eigenvalue weighted by molar-refractivity contribution is 4.55. The Morgan fingerprint density at radius 2 is 1.33 bits per heavy atom. The van der Waals surface area contributed by atoms with Crippen molar-refractivity contribution in [2.24, 2.45) is 0 Å². The first-order chi connectivity index (χ1) is 5.91. The zero-order valence-electron chi connectivity index (χ0n) is 8.65. The predicted octanol–water partition coefficient (Wildman–Crippen LogP) is 4.56. The second-order valence-corrected chi connectivity index (χ2v) is 3.53. The molecule has 0 nitrogen and oxygen atoms in total. The fraction of sp³-hybridized carbons (Fsp3) is 0.833. The molecule has 0 aromatic heterocycles. The Balaban J connectivity index is 2.73. The van der Waals surface area contributed by atoms with Gasteiger partial charge in [0.05, 0.1) is 0 Å². The van der Waals surface area contributed by atoms with Gasteiger partial charge in [0.25, 0.3) is 0 Å². The number of hydrogen-bond donors (Lipinski definition) is 0. The molecule has 0 heteroatoms. The summed E-state index contributed by atoms with van der Waals surface area (Å²) >= 11 is 0. The monoisotopic (exact) mass is 168 g/mol. The smallest absolute Gasteiger partial charge is 0.0417 e. The van der Waals surface area contributed by atoms with E-state index in [2.05, 4.69) is 20.3 Å². The van der Waals surface area contributed by atoms with Crippen LogP contribution in [0.15, 0.2) is 0 Å². The Morgan fingerprint density at radius 1 is 0.833 bits per heavy atom. The molecule has 0 aliphatic carbocycles. The fourth-order valence-electron chi connectivity index (χ4n) is 1.41. The summed E-state index contributed by atoms with van der Waals surface area (Å²) in [6, 6.07) is 0. The molecule has 72 valence electrons. The van der Waals surface area contributed by atoms with Crippen molar-refractivity contribution in [1.82, 2.24) is 0 Å². The number of unbranched alkanes of at least 4 members (excludes halogenated alkanes) is 9. The summed E-state index contributed by atoms with van der Waals surface area (Å²) in [4.78, 5) is 0. The van der Waals surface area contributed by atoms with E-state index < -0.39 is 0 Å². The molecule has 0 unspecified atom stereocenters. The Morgan fingerprint density at radius 3 is 1.83 bits per heavy atom. The van der Waals surface area contributed by atoms with E-state index in [9.17, 15) is 0 Å². The molecule has 0 spiro atoms. The van der Waals surface area contributed by atoms with Crippen LogP contribution in [0.25, 0.3) is 0 Å². The van der Waals surface area contributed by atoms with E-state index in [0.717, 1.165) is 6.42 Å². The third-order valence-electron chi connectivity index (χ3n) is 2.24. The molecule has 0 atom stereocenters. The van der Waals surface area contributed by atoms with Gasteiger partial charge in [0.2, 0.25) is 0 Å². The minimum Gasteiger partial charge on any atom is -0.0623 e. The zero-order chi connectivity index (χ0) is 9.07. The summed E-state index contributed by atoms with van der Waals surface area (Å²) in [6.07, 6.45) is 14.5. The van der Waals surface area contributed by atoms with Gasteiger partial charge >= 0.3 is 0 Å². The normalized spacial score (nSPS) is 10.5.